The van der Waals surface area contributed by atoms with E-state index in [1.54, 1.807) is 30.3 Å². The van der Waals surface area contributed by atoms with Crippen molar-refractivity contribution in [3.8, 4) is 23.0 Å². The van der Waals surface area contributed by atoms with Gasteiger partial charge < -0.3 is 23.4 Å². The molecule has 0 saturated heterocycles. The summed E-state index contributed by atoms with van der Waals surface area (Å²) in [5.74, 6) is -0.0964. The number of carbonyl (C=O) groups excluding carboxylic acids is 2. The lowest BCUT2D eigenvalue weighted by Crippen LogP contribution is -2.13. The van der Waals surface area contributed by atoms with Gasteiger partial charge in [-0.1, -0.05) is 19.2 Å². The molecule has 0 unspecified atom stereocenters. The Labute approximate surface area is 182 Å². The van der Waals surface area contributed by atoms with Crippen molar-refractivity contribution in [1.29, 1.82) is 0 Å². The molecular weight excluding hydrogens is 416 g/mol. The fraction of sp³-hybridized carbons (Fsp3) is 0.125. The van der Waals surface area contributed by atoms with Gasteiger partial charge >= 0.3 is 17.6 Å². The monoisotopic (exact) mass is 434 g/mol. The summed E-state index contributed by atoms with van der Waals surface area (Å²) in [6, 6.07) is 10.7. The van der Waals surface area contributed by atoms with Crippen molar-refractivity contribution in [2.45, 2.75) is 13.3 Å². The second-order valence-corrected chi connectivity index (χ2v) is 7.08. The van der Waals surface area contributed by atoms with E-state index >= 15 is 0 Å². The van der Waals surface area contributed by atoms with Gasteiger partial charge in [0, 0.05) is 34.6 Å². The van der Waals surface area contributed by atoms with Gasteiger partial charge in [-0.3, -0.25) is 0 Å². The summed E-state index contributed by atoms with van der Waals surface area (Å²) in [6.45, 7) is 8.85. The molecule has 0 N–H and O–H groups in total. The van der Waals surface area contributed by atoms with Gasteiger partial charge in [0.15, 0.2) is 11.5 Å². The number of rotatable bonds is 6. The van der Waals surface area contributed by atoms with Crippen molar-refractivity contribution in [2.24, 2.45) is 0 Å². The van der Waals surface area contributed by atoms with E-state index in [2.05, 4.69) is 13.2 Å². The Hall–Kier alpha value is -4.33. The van der Waals surface area contributed by atoms with Crippen molar-refractivity contribution < 1.29 is 33.0 Å². The maximum absolute atomic E-state index is 12.5. The van der Waals surface area contributed by atoms with E-state index in [4.69, 9.17) is 23.4 Å². The Morgan fingerprint density at radius 2 is 1.75 bits per heavy atom. The first-order valence-electron chi connectivity index (χ1n) is 9.55. The highest BCUT2D eigenvalue weighted by atomic mass is 16.7. The average Bonchev–Trinajstić information content (AvgIpc) is 3.26. The highest BCUT2D eigenvalue weighted by Crippen LogP contribution is 2.44. The average molecular weight is 434 g/mol. The Kier molecular flexibility index (Phi) is 5.51. The molecular formula is C24H18O8. The molecule has 1 aliphatic heterocycles. The minimum Gasteiger partial charge on any atom is -0.453 e. The van der Waals surface area contributed by atoms with Crippen LogP contribution in [0.25, 0.3) is 11.0 Å². The normalized spacial score (nSPS) is 11.8. The van der Waals surface area contributed by atoms with Gasteiger partial charge in [-0.25, -0.2) is 14.4 Å². The number of esters is 2. The summed E-state index contributed by atoms with van der Waals surface area (Å²) in [5.41, 5.74) is 0.962. The number of ether oxygens (including phenoxy) is 4. The third-order valence-corrected chi connectivity index (χ3v) is 4.61. The van der Waals surface area contributed by atoms with Gasteiger partial charge in [0.25, 0.3) is 0 Å². The van der Waals surface area contributed by atoms with Gasteiger partial charge in [0.05, 0.1) is 0 Å². The molecule has 8 nitrogen and oxygen atoms in total. The molecule has 0 radical (unpaired) electrons. The van der Waals surface area contributed by atoms with Crippen molar-refractivity contribution in [2.75, 3.05) is 6.79 Å². The molecule has 0 aliphatic carbocycles. The van der Waals surface area contributed by atoms with Crippen LogP contribution < -0.4 is 24.6 Å². The molecule has 1 aliphatic rings. The largest absolute Gasteiger partial charge is 0.453 e. The molecule has 8 heteroatoms. The summed E-state index contributed by atoms with van der Waals surface area (Å²) in [6.07, 6.45) is 0.127. The van der Waals surface area contributed by atoms with Crippen LogP contribution in [0.1, 0.15) is 12.5 Å². The molecule has 0 bridgehead atoms. The minimum absolute atomic E-state index is 0.0475. The summed E-state index contributed by atoms with van der Waals surface area (Å²) < 4.78 is 26.7. The zero-order valence-corrected chi connectivity index (χ0v) is 17.1. The summed E-state index contributed by atoms with van der Waals surface area (Å²) in [5, 5.41) is 0.615. The summed E-state index contributed by atoms with van der Waals surface area (Å²) >= 11 is 0. The SMILES string of the molecule is C=C(C)C(=O)Oc1ccc(CC(=C)C(=O)Oc2ccc3oc(=O)ccc3c2)c2c1OCO2. The number of carbonyl (C=O) groups is 2. The van der Waals surface area contributed by atoms with Crippen LogP contribution in [0.2, 0.25) is 0 Å². The molecule has 3 aromatic rings. The highest BCUT2D eigenvalue weighted by molar-refractivity contribution is 5.91. The number of benzene rings is 2. The standard InChI is InChI=1S/C24H18O8/c1-13(2)23(26)32-19-7-4-16(21-22(19)29-12-28-21)10-14(3)24(27)30-17-6-8-18-15(11-17)5-9-20(25)31-18/h4-9,11H,1,3,10,12H2,2H3. The lowest BCUT2D eigenvalue weighted by Gasteiger charge is -2.11. The van der Waals surface area contributed by atoms with Crippen molar-refractivity contribution in [3.05, 3.63) is 82.8 Å². The van der Waals surface area contributed by atoms with E-state index < -0.39 is 17.6 Å². The van der Waals surface area contributed by atoms with Crippen LogP contribution in [0.3, 0.4) is 0 Å². The van der Waals surface area contributed by atoms with Crippen LogP contribution in [0.4, 0.5) is 0 Å². The fourth-order valence-electron chi connectivity index (χ4n) is 3.03. The molecule has 0 atom stereocenters. The Bertz CT molecular complexity index is 1330. The first-order valence-corrected chi connectivity index (χ1v) is 9.55. The van der Waals surface area contributed by atoms with Crippen LogP contribution in [-0.2, 0) is 16.0 Å². The molecule has 1 aromatic heterocycles. The molecule has 32 heavy (non-hydrogen) atoms. The van der Waals surface area contributed by atoms with Crippen molar-refractivity contribution in [1.82, 2.24) is 0 Å². The van der Waals surface area contributed by atoms with E-state index in [0.717, 1.165) is 0 Å². The van der Waals surface area contributed by atoms with Gasteiger partial charge in [-0.15, -0.1) is 0 Å². The molecule has 0 saturated carbocycles. The van der Waals surface area contributed by atoms with Crippen molar-refractivity contribution in [3.63, 3.8) is 0 Å². The lowest BCUT2D eigenvalue weighted by atomic mass is 10.0. The van der Waals surface area contributed by atoms with Gasteiger partial charge in [0.2, 0.25) is 12.5 Å². The van der Waals surface area contributed by atoms with Gasteiger partial charge in [-0.05, 0) is 37.3 Å². The third-order valence-electron chi connectivity index (χ3n) is 4.61. The predicted octanol–water partition coefficient (Wildman–Crippen LogP) is 3.71. The number of hydrogen-bond acceptors (Lipinski definition) is 8. The lowest BCUT2D eigenvalue weighted by molar-refractivity contribution is -0.131. The quantitative estimate of drug-likeness (QED) is 0.250. The molecule has 0 spiro atoms. The Morgan fingerprint density at radius 1 is 0.969 bits per heavy atom. The zero-order chi connectivity index (χ0) is 22.8. The maximum atomic E-state index is 12.5. The topological polar surface area (TPSA) is 101 Å². The Morgan fingerprint density at radius 3 is 2.53 bits per heavy atom. The molecule has 4 rings (SSSR count). The smallest absolute Gasteiger partial charge is 0.339 e. The zero-order valence-electron chi connectivity index (χ0n) is 17.1. The van der Waals surface area contributed by atoms with Crippen molar-refractivity contribution >= 4 is 22.9 Å². The molecule has 0 amide bonds. The van der Waals surface area contributed by atoms with Gasteiger partial charge in [-0.2, -0.15) is 0 Å². The van der Waals surface area contributed by atoms with Crippen LogP contribution >= 0.6 is 0 Å². The van der Waals surface area contributed by atoms with E-state index in [-0.39, 0.29) is 41.6 Å². The summed E-state index contributed by atoms with van der Waals surface area (Å²) in [4.78, 5) is 35.7. The molecule has 0 fully saturated rings. The van der Waals surface area contributed by atoms with E-state index in [0.29, 0.717) is 22.3 Å². The number of hydrogen-bond donors (Lipinski definition) is 0. The predicted molar refractivity (Wildman–Crippen MR) is 114 cm³/mol. The number of fused-ring (bicyclic) bond motifs is 2. The van der Waals surface area contributed by atoms with E-state index in [1.165, 1.54) is 19.1 Å². The first kappa shape index (κ1) is 20.9. The van der Waals surface area contributed by atoms with E-state index in [9.17, 15) is 14.4 Å². The van der Waals surface area contributed by atoms with Crippen LogP contribution in [0, 0.1) is 0 Å². The van der Waals surface area contributed by atoms with E-state index in [1.807, 2.05) is 0 Å². The minimum atomic E-state index is -0.632. The second-order valence-electron chi connectivity index (χ2n) is 7.08. The Balaban J connectivity index is 1.49. The summed E-state index contributed by atoms with van der Waals surface area (Å²) in [7, 11) is 0. The first-order chi connectivity index (χ1) is 15.3. The third kappa shape index (κ3) is 4.24. The second kappa shape index (κ2) is 8.43. The van der Waals surface area contributed by atoms with Crippen LogP contribution in [0.15, 0.2) is 76.0 Å². The fourth-order valence-corrected chi connectivity index (χ4v) is 3.03. The molecule has 2 heterocycles. The highest BCUT2D eigenvalue weighted by Gasteiger charge is 2.26. The molecule has 2 aromatic carbocycles. The van der Waals surface area contributed by atoms with Crippen LogP contribution in [-0.4, -0.2) is 18.7 Å². The van der Waals surface area contributed by atoms with Crippen LogP contribution in [0.5, 0.6) is 23.0 Å². The van der Waals surface area contributed by atoms with Gasteiger partial charge in [0.1, 0.15) is 11.3 Å². The molecule has 162 valence electrons. The maximum Gasteiger partial charge on any atom is 0.339 e.